The van der Waals surface area contributed by atoms with Gasteiger partial charge >= 0.3 is 12.1 Å². The number of rotatable bonds is 4. The minimum Gasteiger partial charge on any atom is -0.479 e. The molecule has 1 atom stereocenters. The molecule has 0 bridgehead atoms. The van der Waals surface area contributed by atoms with E-state index >= 15 is 0 Å². The SMILES string of the molecule is CCCC1(C(=O)O)CCCN1c1ccc(C(F)(F)F)nn1. The van der Waals surface area contributed by atoms with Gasteiger partial charge in [-0.15, -0.1) is 10.2 Å². The quantitative estimate of drug-likeness (QED) is 0.926. The minimum atomic E-state index is -4.55. The number of carboxylic acid groups (broad SMARTS) is 1. The van der Waals surface area contributed by atoms with E-state index < -0.39 is 23.4 Å². The lowest BCUT2D eigenvalue weighted by atomic mass is 9.90. The van der Waals surface area contributed by atoms with Crippen molar-refractivity contribution in [3.05, 3.63) is 17.8 Å². The summed E-state index contributed by atoms with van der Waals surface area (Å²) < 4.78 is 37.5. The van der Waals surface area contributed by atoms with E-state index in [-0.39, 0.29) is 5.82 Å². The van der Waals surface area contributed by atoms with Crippen molar-refractivity contribution < 1.29 is 23.1 Å². The average molecular weight is 303 g/mol. The van der Waals surface area contributed by atoms with E-state index in [9.17, 15) is 23.1 Å². The predicted molar refractivity (Wildman–Crippen MR) is 68.9 cm³/mol. The van der Waals surface area contributed by atoms with E-state index in [4.69, 9.17) is 0 Å². The molecule has 0 aromatic carbocycles. The number of aromatic nitrogens is 2. The van der Waals surface area contributed by atoms with Gasteiger partial charge in [-0.05, 0) is 31.4 Å². The van der Waals surface area contributed by atoms with E-state index in [1.807, 2.05) is 6.92 Å². The van der Waals surface area contributed by atoms with E-state index in [2.05, 4.69) is 10.2 Å². The zero-order chi connectivity index (χ0) is 15.7. The van der Waals surface area contributed by atoms with Crippen molar-refractivity contribution in [3.63, 3.8) is 0 Å². The molecule has 1 aliphatic heterocycles. The maximum Gasteiger partial charge on any atom is 0.435 e. The number of anilines is 1. The van der Waals surface area contributed by atoms with Crippen molar-refractivity contribution in [1.82, 2.24) is 10.2 Å². The molecule has 0 saturated carbocycles. The molecule has 1 fully saturated rings. The highest BCUT2D eigenvalue weighted by Crippen LogP contribution is 2.37. The first kappa shape index (κ1) is 15.5. The predicted octanol–water partition coefficient (Wildman–Crippen LogP) is 2.72. The van der Waals surface area contributed by atoms with Crippen LogP contribution in [0.1, 0.15) is 38.3 Å². The lowest BCUT2D eigenvalue weighted by Crippen LogP contribution is -2.51. The van der Waals surface area contributed by atoms with Gasteiger partial charge in [0, 0.05) is 6.54 Å². The molecule has 0 spiro atoms. The number of nitrogens with zero attached hydrogens (tertiary/aromatic N) is 3. The summed E-state index contributed by atoms with van der Waals surface area (Å²) in [5, 5.41) is 16.3. The molecule has 1 N–H and O–H groups in total. The van der Waals surface area contributed by atoms with Crippen LogP contribution in [-0.4, -0.2) is 33.4 Å². The first-order chi connectivity index (χ1) is 9.81. The van der Waals surface area contributed by atoms with Crippen molar-refractivity contribution in [1.29, 1.82) is 0 Å². The van der Waals surface area contributed by atoms with E-state index in [1.165, 1.54) is 6.07 Å². The first-order valence-corrected chi connectivity index (χ1v) is 6.73. The monoisotopic (exact) mass is 303 g/mol. The minimum absolute atomic E-state index is 0.177. The fourth-order valence-electron chi connectivity index (χ4n) is 2.84. The molecule has 1 aliphatic rings. The molecule has 1 unspecified atom stereocenters. The average Bonchev–Trinajstić information content (AvgIpc) is 2.83. The van der Waals surface area contributed by atoms with Crippen LogP contribution in [0.15, 0.2) is 12.1 Å². The molecule has 0 amide bonds. The van der Waals surface area contributed by atoms with Gasteiger partial charge in [0.25, 0.3) is 0 Å². The van der Waals surface area contributed by atoms with Gasteiger partial charge < -0.3 is 10.0 Å². The Balaban J connectivity index is 2.33. The summed E-state index contributed by atoms with van der Waals surface area (Å²) in [6, 6.07) is 2.02. The van der Waals surface area contributed by atoms with Gasteiger partial charge in [0.2, 0.25) is 0 Å². The second kappa shape index (κ2) is 5.50. The number of hydrogen-bond acceptors (Lipinski definition) is 4. The van der Waals surface area contributed by atoms with Crippen molar-refractivity contribution in [2.75, 3.05) is 11.4 Å². The molecule has 21 heavy (non-hydrogen) atoms. The molecular formula is C13H16F3N3O2. The van der Waals surface area contributed by atoms with Crippen LogP contribution in [0.4, 0.5) is 19.0 Å². The van der Waals surface area contributed by atoms with Crippen molar-refractivity contribution in [3.8, 4) is 0 Å². The maximum absolute atomic E-state index is 12.5. The second-order valence-corrected chi connectivity index (χ2v) is 5.12. The van der Waals surface area contributed by atoms with Crippen LogP contribution < -0.4 is 4.90 Å². The molecule has 1 aromatic rings. The number of hydrogen-bond donors (Lipinski definition) is 1. The van der Waals surface area contributed by atoms with Crippen LogP contribution in [-0.2, 0) is 11.0 Å². The molecule has 116 valence electrons. The molecule has 0 radical (unpaired) electrons. The lowest BCUT2D eigenvalue weighted by Gasteiger charge is -2.35. The molecule has 2 rings (SSSR count). The summed E-state index contributed by atoms with van der Waals surface area (Å²) in [4.78, 5) is 13.2. The van der Waals surface area contributed by atoms with Gasteiger partial charge in [0.05, 0.1) is 0 Å². The van der Waals surface area contributed by atoms with Gasteiger partial charge in [-0.3, -0.25) is 0 Å². The molecule has 5 nitrogen and oxygen atoms in total. The number of carboxylic acids is 1. The fourth-order valence-corrected chi connectivity index (χ4v) is 2.84. The standard InChI is InChI=1S/C13H16F3N3O2/c1-2-6-12(11(20)21)7-3-8-19(12)10-5-4-9(17-18-10)13(14,15)16/h4-5H,2-3,6-8H2,1H3,(H,20,21). The van der Waals surface area contributed by atoms with Gasteiger partial charge in [-0.25, -0.2) is 4.79 Å². The molecule has 2 heterocycles. The van der Waals surface area contributed by atoms with Crippen molar-refractivity contribution in [2.24, 2.45) is 0 Å². The lowest BCUT2D eigenvalue weighted by molar-refractivity contribution is -0.144. The molecule has 0 aliphatic carbocycles. The highest BCUT2D eigenvalue weighted by Gasteiger charge is 2.47. The van der Waals surface area contributed by atoms with Crippen LogP contribution in [0.3, 0.4) is 0 Å². The van der Waals surface area contributed by atoms with Gasteiger partial charge in [0.15, 0.2) is 11.5 Å². The Morgan fingerprint density at radius 3 is 2.62 bits per heavy atom. The Labute approximate surface area is 119 Å². The smallest absolute Gasteiger partial charge is 0.435 e. The summed E-state index contributed by atoms with van der Waals surface area (Å²) >= 11 is 0. The Hall–Kier alpha value is -1.86. The Kier molecular flexibility index (Phi) is 4.06. The van der Waals surface area contributed by atoms with E-state index in [1.54, 1.807) is 4.90 Å². The third-order valence-electron chi connectivity index (χ3n) is 3.77. The molecule has 1 saturated heterocycles. The summed E-state index contributed by atoms with van der Waals surface area (Å²) in [5.74, 6) is -0.792. The van der Waals surface area contributed by atoms with Crippen molar-refractivity contribution in [2.45, 2.75) is 44.3 Å². The van der Waals surface area contributed by atoms with Crippen molar-refractivity contribution >= 4 is 11.8 Å². The van der Waals surface area contributed by atoms with Crippen LogP contribution >= 0.6 is 0 Å². The summed E-state index contributed by atoms with van der Waals surface area (Å²) in [6.07, 6.45) is -2.35. The molecular weight excluding hydrogens is 287 g/mol. The maximum atomic E-state index is 12.5. The summed E-state index contributed by atoms with van der Waals surface area (Å²) in [5.41, 5.74) is -2.18. The number of aliphatic carboxylic acids is 1. The number of alkyl halides is 3. The zero-order valence-corrected chi connectivity index (χ0v) is 11.5. The molecule has 8 heteroatoms. The topological polar surface area (TPSA) is 66.3 Å². The molecule has 1 aromatic heterocycles. The van der Waals surface area contributed by atoms with Crippen LogP contribution in [0.5, 0.6) is 0 Å². The normalized spacial score (nSPS) is 22.6. The second-order valence-electron chi connectivity index (χ2n) is 5.12. The van der Waals surface area contributed by atoms with Gasteiger partial charge in [-0.2, -0.15) is 13.2 Å². The first-order valence-electron chi connectivity index (χ1n) is 6.73. The Bertz CT molecular complexity index is 518. The Morgan fingerprint density at radius 2 is 2.14 bits per heavy atom. The van der Waals surface area contributed by atoms with Crippen LogP contribution in [0.2, 0.25) is 0 Å². The fraction of sp³-hybridized carbons (Fsp3) is 0.615. The van der Waals surface area contributed by atoms with Crippen LogP contribution in [0, 0.1) is 0 Å². The number of halogens is 3. The highest BCUT2D eigenvalue weighted by molar-refractivity contribution is 5.84. The Morgan fingerprint density at radius 1 is 1.43 bits per heavy atom. The highest BCUT2D eigenvalue weighted by atomic mass is 19.4. The summed E-state index contributed by atoms with van der Waals surface area (Å²) in [6.45, 7) is 2.33. The largest absolute Gasteiger partial charge is 0.479 e. The van der Waals surface area contributed by atoms with E-state index in [0.29, 0.717) is 32.2 Å². The number of carbonyl (C=O) groups is 1. The van der Waals surface area contributed by atoms with E-state index in [0.717, 1.165) is 6.07 Å². The van der Waals surface area contributed by atoms with Gasteiger partial charge in [0.1, 0.15) is 5.54 Å². The van der Waals surface area contributed by atoms with Crippen LogP contribution in [0.25, 0.3) is 0 Å². The summed E-state index contributed by atoms with van der Waals surface area (Å²) in [7, 11) is 0. The zero-order valence-electron chi connectivity index (χ0n) is 11.5. The van der Waals surface area contributed by atoms with Gasteiger partial charge in [-0.1, -0.05) is 13.3 Å². The third kappa shape index (κ3) is 2.79. The third-order valence-corrected chi connectivity index (χ3v) is 3.77.